The fourth-order valence-electron chi connectivity index (χ4n) is 3.15. The molecule has 1 rings (SSSR count). The van der Waals surface area contributed by atoms with E-state index in [1.807, 2.05) is 0 Å². The maximum absolute atomic E-state index is 5.79. The average Bonchev–Trinajstić information content (AvgIpc) is 2.45. The van der Waals surface area contributed by atoms with E-state index < -0.39 is 8.80 Å². The van der Waals surface area contributed by atoms with Crippen molar-refractivity contribution in [2.45, 2.75) is 51.7 Å². The van der Waals surface area contributed by atoms with Gasteiger partial charge in [-0.1, -0.05) is 19.8 Å². The lowest BCUT2D eigenvalue weighted by Gasteiger charge is -2.35. The van der Waals surface area contributed by atoms with Crippen LogP contribution in [0.4, 0.5) is 0 Å². The fraction of sp³-hybridized carbons (Fsp3) is 1.00. The Kier molecular flexibility index (Phi) is 7.53. The molecule has 0 heterocycles. The zero-order valence-corrected chi connectivity index (χ0v) is 14.1. The SMILES string of the molecule is CCOC1CCCC(C(C)C[Si](OC)(OC)OC)C1. The summed E-state index contributed by atoms with van der Waals surface area (Å²) in [6.45, 7) is 5.18. The third-order valence-electron chi connectivity index (χ3n) is 4.38. The molecule has 3 atom stereocenters. The average molecular weight is 290 g/mol. The molecule has 0 spiro atoms. The molecule has 1 aliphatic rings. The Hall–Kier alpha value is 0.0569. The fourth-order valence-corrected chi connectivity index (χ4v) is 5.27. The lowest BCUT2D eigenvalue weighted by atomic mass is 9.80. The van der Waals surface area contributed by atoms with Crippen molar-refractivity contribution >= 4 is 8.80 Å². The zero-order chi connectivity index (χ0) is 14.3. The lowest BCUT2D eigenvalue weighted by Crippen LogP contribution is -2.45. The predicted molar refractivity (Wildman–Crippen MR) is 78.1 cm³/mol. The van der Waals surface area contributed by atoms with E-state index in [1.165, 1.54) is 19.3 Å². The Morgan fingerprint density at radius 2 is 1.74 bits per heavy atom. The molecule has 4 nitrogen and oxygen atoms in total. The molecule has 0 radical (unpaired) electrons. The summed E-state index contributed by atoms with van der Waals surface area (Å²) in [5.41, 5.74) is 0. The molecule has 0 amide bonds. The van der Waals surface area contributed by atoms with E-state index in [0.29, 0.717) is 17.9 Å². The minimum absolute atomic E-state index is 0.440. The van der Waals surface area contributed by atoms with Crippen LogP contribution in [-0.4, -0.2) is 42.8 Å². The van der Waals surface area contributed by atoms with Gasteiger partial charge in [-0.3, -0.25) is 0 Å². The van der Waals surface area contributed by atoms with Gasteiger partial charge in [-0.2, -0.15) is 0 Å². The summed E-state index contributed by atoms with van der Waals surface area (Å²) in [6.07, 6.45) is 5.36. The molecule has 0 aromatic heterocycles. The number of hydrogen-bond acceptors (Lipinski definition) is 4. The number of ether oxygens (including phenoxy) is 1. The smallest absolute Gasteiger partial charge is 0.378 e. The Morgan fingerprint density at radius 1 is 1.11 bits per heavy atom. The Morgan fingerprint density at radius 3 is 2.26 bits per heavy atom. The molecular weight excluding hydrogens is 260 g/mol. The zero-order valence-electron chi connectivity index (χ0n) is 13.1. The van der Waals surface area contributed by atoms with Crippen molar-refractivity contribution in [2.24, 2.45) is 11.8 Å². The molecule has 1 aliphatic carbocycles. The Bertz CT molecular complexity index is 235. The topological polar surface area (TPSA) is 36.9 Å². The summed E-state index contributed by atoms with van der Waals surface area (Å²) in [5.74, 6) is 1.24. The van der Waals surface area contributed by atoms with E-state index in [4.69, 9.17) is 18.0 Å². The molecule has 0 aromatic carbocycles. The van der Waals surface area contributed by atoms with E-state index in [2.05, 4.69) is 13.8 Å². The van der Waals surface area contributed by atoms with Crippen LogP contribution in [0.15, 0.2) is 0 Å². The summed E-state index contributed by atoms with van der Waals surface area (Å²) < 4.78 is 22.4. The standard InChI is InChI=1S/C14H30O4Si/c1-6-18-14-9-7-8-13(10-14)12(2)11-19(15-3,16-4)17-5/h12-14H,6-11H2,1-5H3. The molecule has 0 aromatic rings. The highest BCUT2D eigenvalue weighted by atomic mass is 28.4. The van der Waals surface area contributed by atoms with Crippen molar-refractivity contribution < 1.29 is 18.0 Å². The van der Waals surface area contributed by atoms with Crippen LogP contribution in [0.1, 0.15) is 39.5 Å². The van der Waals surface area contributed by atoms with E-state index in [9.17, 15) is 0 Å². The van der Waals surface area contributed by atoms with E-state index >= 15 is 0 Å². The first-order chi connectivity index (χ1) is 9.10. The van der Waals surface area contributed by atoms with Crippen LogP contribution >= 0.6 is 0 Å². The molecule has 5 heteroatoms. The summed E-state index contributed by atoms with van der Waals surface area (Å²) in [4.78, 5) is 0. The predicted octanol–water partition coefficient (Wildman–Crippen LogP) is 3.10. The summed E-state index contributed by atoms with van der Waals surface area (Å²) in [6, 6.07) is 0.889. The molecular formula is C14H30O4Si. The molecule has 0 bridgehead atoms. The molecule has 114 valence electrons. The second kappa shape index (κ2) is 8.37. The van der Waals surface area contributed by atoms with Crippen LogP contribution in [-0.2, 0) is 18.0 Å². The Balaban J connectivity index is 2.54. The highest BCUT2D eigenvalue weighted by Gasteiger charge is 2.41. The van der Waals surface area contributed by atoms with Gasteiger partial charge in [0.1, 0.15) is 0 Å². The molecule has 3 unspecified atom stereocenters. The summed E-state index contributed by atoms with van der Waals surface area (Å²) in [5, 5.41) is 0. The second-order valence-corrected chi connectivity index (χ2v) is 8.48. The van der Waals surface area contributed by atoms with Crippen molar-refractivity contribution in [1.29, 1.82) is 0 Å². The molecule has 1 fully saturated rings. The van der Waals surface area contributed by atoms with Crippen LogP contribution < -0.4 is 0 Å². The van der Waals surface area contributed by atoms with E-state index in [-0.39, 0.29) is 0 Å². The molecule has 1 saturated carbocycles. The van der Waals surface area contributed by atoms with Gasteiger partial charge >= 0.3 is 8.80 Å². The number of hydrogen-bond donors (Lipinski definition) is 0. The maximum Gasteiger partial charge on any atom is 0.500 e. The Labute approximate surface area is 119 Å². The summed E-state index contributed by atoms with van der Waals surface area (Å²) >= 11 is 0. The minimum atomic E-state index is -2.45. The third-order valence-corrected chi connectivity index (χ3v) is 7.39. The van der Waals surface area contributed by atoms with Gasteiger partial charge in [-0.25, -0.2) is 0 Å². The van der Waals surface area contributed by atoms with Gasteiger partial charge in [-0.15, -0.1) is 0 Å². The van der Waals surface area contributed by atoms with Gasteiger partial charge in [0.25, 0.3) is 0 Å². The van der Waals surface area contributed by atoms with Crippen molar-refractivity contribution in [3.8, 4) is 0 Å². The largest absolute Gasteiger partial charge is 0.500 e. The molecule has 0 N–H and O–H groups in total. The molecule has 0 saturated heterocycles. The van der Waals surface area contributed by atoms with E-state index in [1.54, 1.807) is 21.3 Å². The lowest BCUT2D eigenvalue weighted by molar-refractivity contribution is 0.0106. The first-order valence-corrected chi connectivity index (χ1v) is 9.31. The second-order valence-electron chi connectivity index (χ2n) is 5.48. The highest BCUT2D eigenvalue weighted by molar-refractivity contribution is 6.60. The van der Waals surface area contributed by atoms with Gasteiger partial charge < -0.3 is 18.0 Å². The van der Waals surface area contributed by atoms with Gasteiger partial charge in [0.05, 0.1) is 6.10 Å². The normalized spacial score (nSPS) is 26.4. The minimum Gasteiger partial charge on any atom is -0.378 e. The summed E-state index contributed by atoms with van der Waals surface area (Å²) in [7, 11) is 2.63. The van der Waals surface area contributed by atoms with Crippen LogP contribution in [0.3, 0.4) is 0 Å². The van der Waals surface area contributed by atoms with Crippen LogP contribution in [0.5, 0.6) is 0 Å². The van der Waals surface area contributed by atoms with Gasteiger partial charge in [0, 0.05) is 34.0 Å². The van der Waals surface area contributed by atoms with Crippen molar-refractivity contribution in [1.82, 2.24) is 0 Å². The first-order valence-electron chi connectivity index (χ1n) is 7.37. The van der Waals surface area contributed by atoms with Gasteiger partial charge in [-0.05, 0) is 31.6 Å². The van der Waals surface area contributed by atoms with Crippen LogP contribution in [0.2, 0.25) is 6.04 Å². The molecule has 0 aliphatic heterocycles. The van der Waals surface area contributed by atoms with Gasteiger partial charge in [0.2, 0.25) is 0 Å². The third kappa shape index (κ3) is 4.83. The van der Waals surface area contributed by atoms with Crippen molar-refractivity contribution in [2.75, 3.05) is 27.9 Å². The molecule has 19 heavy (non-hydrogen) atoms. The monoisotopic (exact) mass is 290 g/mol. The van der Waals surface area contributed by atoms with Crippen LogP contribution in [0, 0.1) is 11.8 Å². The number of rotatable bonds is 8. The highest BCUT2D eigenvalue weighted by Crippen LogP contribution is 2.35. The first kappa shape index (κ1) is 17.1. The van der Waals surface area contributed by atoms with Crippen molar-refractivity contribution in [3.63, 3.8) is 0 Å². The quantitative estimate of drug-likeness (QED) is 0.644. The van der Waals surface area contributed by atoms with Crippen LogP contribution in [0.25, 0.3) is 0 Å². The maximum atomic E-state index is 5.79. The van der Waals surface area contributed by atoms with E-state index in [0.717, 1.165) is 19.1 Å². The van der Waals surface area contributed by atoms with Crippen molar-refractivity contribution in [3.05, 3.63) is 0 Å². The van der Waals surface area contributed by atoms with Gasteiger partial charge in [0.15, 0.2) is 0 Å².